The van der Waals surface area contributed by atoms with Crippen molar-refractivity contribution in [1.82, 2.24) is 10.2 Å². The highest BCUT2D eigenvalue weighted by molar-refractivity contribution is 4.86. The van der Waals surface area contributed by atoms with Crippen LogP contribution in [0.15, 0.2) is 0 Å². The number of nitrogens with zero attached hydrogens (tertiary/aromatic N) is 1. The standard InChI is InChI=1S/C13H26N2/c1-10(9-14-13-6-7-13)12(3)15-8-4-5-11(15)2/h10-14H,4-9H2,1-3H3. The molecule has 3 unspecified atom stereocenters. The molecule has 2 fully saturated rings. The zero-order valence-corrected chi connectivity index (χ0v) is 10.5. The second-order valence-corrected chi connectivity index (χ2v) is 5.63. The molecule has 15 heavy (non-hydrogen) atoms. The van der Waals surface area contributed by atoms with Crippen LogP contribution in [0, 0.1) is 5.92 Å². The number of likely N-dealkylation sites (tertiary alicyclic amines) is 1. The van der Waals surface area contributed by atoms with Crippen molar-refractivity contribution < 1.29 is 0 Å². The molecule has 3 atom stereocenters. The summed E-state index contributed by atoms with van der Waals surface area (Å²) in [5.41, 5.74) is 0. The molecule has 0 aromatic carbocycles. The van der Waals surface area contributed by atoms with Gasteiger partial charge in [0.05, 0.1) is 0 Å². The summed E-state index contributed by atoms with van der Waals surface area (Å²) in [5, 5.41) is 3.65. The van der Waals surface area contributed by atoms with Crippen molar-refractivity contribution in [2.75, 3.05) is 13.1 Å². The van der Waals surface area contributed by atoms with Crippen molar-refractivity contribution in [2.45, 2.75) is 64.6 Å². The van der Waals surface area contributed by atoms with Crippen LogP contribution in [0.1, 0.15) is 46.5 Å². The van der Waals surface area contributed by atoms with Crippen LogP contribution in [0.3, 0.4) is 0 Å². The third kappa shape index (κ3) is 2.94. The molecule has 2 aliphatic rings. The summed E-state index contributed by atoms with van der Waals surface area (Å²) < 4.78 is 0. The number of rotatable bonds is 5. The quantitative estimate of drug-likeness (QED) is 0.749. The van der Waals surface area contributed by atoms with Crippen LogP contribution >= 0.6 is 0 Å². The van der Waals surface area contributed by atoms with Gasteiger partial charge in [0.2, 0.25) is 0 Å². The van der Waals surface area contributed by atoms with E-state index in [2.05, 4.69) is 31.0 Å². The topological polar surface area (TPSA) is 15.3 Å². The summed E-state index contributed by atoms with van der Waals surface area (Å²) >= 11 is 0. The maximum absolute atomic E-state index is 3.65. The van der Waals surface area contributed by atoms with Gasteiger partial charge in [-0.05, 0) is 58.5 Å². The lowest BCUT2D eigenvalue weighted by atomic mass is 10.0. The van der Waals surface area contributed by atoms with Crippen molar-refractivity contribution in [3.8, 4) is 0 Å². The SMILES string of the molecule is CC(CNC1CC1)C(C)N1CCCC1C. The molecule has 1 heterocycles. The first-order chi connectivity index (χ1) is 7.18. The molecule has 1 aliphatic heterocycles. The number of hydrogen-bond donors (Lipinski definition) is 1. The highest BCUT2D eigenvalue weighted by atomic mass is 15.2. The van der Waals surface area contributed by atoms with E-state index < -0.39 is 0 Å². The third-order valence-electron chi connectivity index (χ3n) is 4.26. The Morgan fingerprint density at radius 3 is 2.53 bits per heavy atom. The summed E-state index contributed by atoms with van der Waals surface area (Å²) in [5.74, 6) is 0.783. The van der Waals surface area contributed by atoms with Crippen LogP contribution in [-0.4, -0.2) is 36.1 Å². The Balaban J connectivity index is 1.74. The predicted octanol–water partition coefficient (Wildman–Crippen LogP) is 2.25. The van der Waals surface area contributed by atoms with Crippen LogP contribution < -0.4 is 5.32 Å². The first-order valence-electron chi connectivity index (χ1n) is 6.67. The third-order valence-corrected chi connectivity index (χ3v) is 4.26. The Morgan fingerprint density at radius 2 is 2.00 bits per heavy atom. The van der Waals surface area contributed by atoms with Crippen LogP contribution in [0.25, 0.3) is 0 Å². The first-order valence-corrected chi connectivity index (χ1v) is 6.67. The van der Waals surface area contributed by atoms with Gasteiger partial charge >= 0.3 is 0 Å². The second-order valence-electron chi connectivity index (χ2n) is 5.63. The van der Waals surface area contributed by atoms with Gasteiger partial charge in [-0.25, -0.2) is 0 Å². The monoisotopic (exact) mass is 210 g/mol. The minimum Gasteiger partial charge on any atom is -0.314 e. The molecular formula is C13H26N2. The van der Waals surface area contributed by atoms with Crippen LogP contribution in [0.2, 0.25) is 0 Å². The minimum absolute atomic E-state index is 0.744. The summed E-state index contributed by atoms with van der Waals surface area (Å²) in [6.07, 6.45) is 5.60. The Hall–Kier alpha value is -0.0800. The molecule has 0 aromatic rings. The highest BCUT2D eigenvalue weighted by Crippen LogP contribution is 2.24. The van der Waals surface area contributed by atoms with E-state index >= 15 is 0 Å². The summed E-state index contributed by atoms with van der Waals surface area (Å²) in [4.78, 5) is 2.69. The molecular weight excluding hydrogens is 184 g/mol. The molecule has 0 amide bonds. The fourth-order valence-corrected chi connectivity index (χ4v) is 2.70. The Bertz CT molecular complexity index is 201. The summed E-state index contributed by atoms with van der Waals surface area (Å²) in [7, 11) is 0. The van der Waals surface area contributed by atoms with Gasteiger partial charge in [0.1, 0.15) is 0 Å². The zero-order valence-electron chi connectivity index (χ0n) is 10.5. The van der Waals surface area contributed by atoms with E-state index in [1.165, 1.54) is 38.8 Å². The van der Waals surface area contributed by atoms with Gasteiger partial charge in [-0.3, -0.25) is 4.90 Å². The van der Waals surface area contributed by atoms with E-state index in [0.717, 1.165) is 24.0 Å². The fraction of sp³-hybridized carbons (Fsp3) is 1.00. The molecule has 2 rings (SSSR count). The molecule has 0 radical (unpaired) electrons. The average Bonchev–Trinajstić information content (AvgIpc) is 2.96. The number of hydrogen-bond acceptors (Lipinski definition) is 2. The van der Waals surface area contributed by atoms with Gasteiger partial charge in [0.25, 0.3) is 0 Å². The van der Waals surface area contributed by atoms with Gasteiger partial charge in [0.15, 0.2) is 0 Å². The van der Waals surface area contributed by atoms with Crippen LogP contribution in [-0.2, 0) is 0 Å². The molecule has 1 aliphatic carbocycles. The van der Waals surface area contributed by atoms with E-state index in [1.807, 2.05) is 0 Å². The molecule has 2 nitrogen and oxygen atoms in total. The van der Waals surface area contributed by atoms with E-state index in [1.54, 1.807) is 0 Å². The molecule has 2 heteroatoms. The lowest BCUT2D eigenvalue weighted by Crippen LogP contribution is -2.43. The molecule has 1 saturated heterocycles. The Morgan fingerprint density at radius 1 is 1.27 bits per heavy atom. The van der Waals surface area contributed by atoms with E-state index in [9.17, 15) is 0 Å². The van der Waals surface area contributed by atoms with E-state index in [4.69, 9.17) is 0 Å². The summed E-state index contributed by atoms with van der Waals surface area (Å²) in [6.45, 7) is 9.70. The molecule has 88 valence electrons. The summed E-state index contributed by atoms with van der Waals surface area (Å²) in [6, 6.07) is 2.41. The highest BCUT2D eigenvalue weighted by Gasteiger charge is 2.29. The zero-order chi connectivity index (χ0) is 10.8. The van der Waals surface area contributed by atoms with Crippen molar-refractivity contribution in [1.29, 1.82) is 0 Å². The van der Waals surface area contributed by atoms with Crippen molar-refractivity contribution in [3.63, 3.8) is 0 Å². The van der Waals surface area contributed by atoms with Crippen LogP contribution in [0.4, 0.5) is 0 Å². The normalized spacial score (nSPS) is 31.8. The molecule has 1 N–H and O–H groups in total. The largest absolute Gasteiger partial charge is 0.314 e. The van der Waals surface area contributed by atoms with Gasteiger partial charge < -0.3 is 5.32 Å². The lowest BCUT2D eigenvalue weighted by molar-refractivity contribution is 0.153. The smallest absolute Gasteiger partial charge is 0.0107 e. The van der Waals surface area contributed by atoms with Crippen molar-refractivity contribution >= 4 is 0 Å². The maximum Gasteiger partial charge on any atom is 0.0107 e. The van der Waals surface area contributed by atoms with Crippen molar-refractivity contribution in [2.24, 2.45) is 5.92 Å². The van der Waals surface area contributed by atoms with Crippen LogP contribution in [0.5, 0.6) is 0 Å². The van der Waals surface area contributed by atoms with Crippen molar-refractivity contribution in [3.05, 3.63) is 0 Å². The fourth-order valence-electron chi connectivity index (χ4n) is 2.70. The average molecular weight is 210 g/mol. The Kier molecular flexibility index (Phi) is 3.68. The second kappa shape index (κ2) is 4.84. The molecule has 1 saturated carbocycles. The maximum atomic E-state index is 3.65. The van der Waals surface area contributed by atoms with Gasteiger partial charge in [-0.1, -0.05) is 6.92 Å². The van der Waals surface area contributed by atoms with E-state index in [-0.39, 0.29) is 0 Å². The molecule has 0 spiro atoms. The molecule has 0 bridgehead atoms. The van der Waals surface area contributed by atoms with Gasteiger partial charge in [0, 0.05) is 18.1 Å². The number of nitrogens with one attached hydrogen (secondary N) is 1. The predicted molar refractivity (Wildman–Crippen MR) is 65.1 cm³/mol. The van der Waals surface area contributed by atoms with Gasteiger partial charge in [-0.15, -0.1) is 0 Å². The first kappa shape index (κ1) is 11.4. The lowest BCUT2D eigenvalue weighted by Gasteiger charge is -2.33. The molecule has 0 aromatic heterocycles. The van der Waals surface area contributed by atoms with Gasteiger partial charge in [-0.2, -0.15) is 0 Å². The van der Waals surface area contributed by atoms with E-state index in [0.29, 0.717) is 0 Å². The Labute approximate surface area is 94.4 Å². The minimum atomic E-state index is 0.744.